The summed E-state index contributed by atoms with van der Waals surface area (Å²) in [6, 6.07) is 8.16. The summed E-state index contributed by atoms with van der Waals surface area (Å²) in [4.78, 5) is 14.2. The molecule has 23 heavy (non-hydrogen) atoms. The smallest absolute Gasteiger partial charge is 0.317 e. The molecule has 0 spiro atoms. The van der Waals surface area contributed by atoms with Crippen molar-refractivity contribution in [1.82, 2.24) is 10.2 Å². The fourth-order valence-electron chi connectivity index (χ4n) is 3.28. The number of likely N-dealkylation sites (tertiary alicyclic amines) is 1. The van der Waals surface area contributed by atoms with E-state index in [0.717, 1.165) is 31.6 Å². The van der Waals surface area contributed by atoms with Crippen molar-refractivity contribution in [3.05, 3.63) is 29.8 Å². The molecule has 0 radical (unpaired) electrons. The summed E-state index contributed by atoms with van der Waals surface area (Å²) in [5.74, 6) is 1.42. The fourth-order valence-corrected chi connectivity index (χ4v) is 3.28. The van der Waals surface area contributed by atoms with E-state index in [1.54, 1.807) is 12.0 Å². The van der Waals surface area contributed by atoms with Crippen molar-refractivity contribution in [3.8, 4) is 5.75 Å². The van der Waals surface area contributed by atoms with Crippen LogP contribution >= 0.6 is 0 Å². The Morgan fingerprint density at radius 3 is 2.96 bits per heavy atom. The van der Waals surface area contributed by atoms with Crippen LogP contribution in [0.5, 0.6) is 5.75 Å². The first kappa shape index (κ1) is 16.1. The van der Waals surface area contributed by atoms with E-state index in [2.05, 4.69) is 11.4 Å². The van der Waals surface area contributed by atoms with E-state index in [-0.39, 0.29) is 18.2 Å². The number of aliphatic hydroxyl groups is 1. The lowest BCUT2D eigenvalue weighted by atomic mass is 10.0. The summed E-state index contributed by atoms with van der Waals surface area (Å²) < 4.78 is 5.28. The number of urea groups is 1. The molecule has 0 bridgehead atoms. The van der Waals surface area contributed by atoms with Crippen molar-refractivity contribution in [3.63, 3.8) is 0 Å². The molecule has 1 aliphatic carbocycles. The first-order chi connectivity index (χ1) is 11.2. The average molecular weight is 318 g/mol. The molecule has 1 saturated heterocycles. The van der Waals surface area contributed by atoms with Gasteiger partial charge in [-0.3, -0.25) is 0 Å². The van der Waals surface area contributed by atoms with Gasteiger partial charge in [0.1, 0.15) is 5.75 Å². The van der Waals surface area contributed by atoms with Crippen molar-refractivity contribution in [2.75, 3.05) is 20.2 Å². The second-order valence-electron chi connectivity index (χ2n) is 6.69. The van der Waals surface area contributed by atoms with Crippen molar-refractivity contribution in [2.45, 2.75) is 44.2 Å². The highest BCUT2D eigenvalue weighted by Crippen LogP contribution is 2.34. The van der Waals surface area contributed by atoms with Crippen LogP contribution in [0.4, 0.5) is 4.79 Å². The van der Waals surface area contributed by atoms with Crippen LogP contribution < -0.4 is 10.1 Å². The third kappa shape index (κ3) is 4.38. The number of hydrogen-bond acceptors (Lipinski definition) is 3. The number of aliphatic hydroxyl groups excluding tert-OH is 1. The van der Waals surface area contributed by atoms with Crippen LogP contribution in [-0.2, 0) is 6.42 Å². The van der Waals surface area contributed by atoms with Crippen molar-refractivity contribution >= 4 is 6.03 Å². The molecule has 1 aromatic carbocycles. The quantitative estimate of drug-likeness (QED) is 0.875. The largest absolute Gasteiger partial charge is 0.497 e. The lowest BCUT2D eigenvalue weighted by molar-refractivity contribution is 0.0830. The van der Waals surface area contributed by atoms with Crippen molar-refractivity contribution < 1.29 is 14.6 Å². The van der Waals surface area contributed by atoms with Crippen LogP contribution in [0, 0.1) is 5.92 Å². The summed E-state index contributed by atoms with van der Waals surface area (Å²) in [6.45, 7) is 1.18. The number of nitrogens with zero attached hydrogens (tertiary/aromatic N) is 1. The van der Waals surface area contributed by atoms with Crippen molar-refractivity contribution in [2.24, 2.45) is 5.92 Å². The summed E-state index contributed by atoms with van der Waals surface area (Å²) >= 11 is 0. The predicted octanol–water partition coefficient (Wildman–Crippen LogP) is 2.18. The van der Waals surface area contributed by atoms with Crippen LogP contribution in [0.3, 0.4) is 0 Å². The molecule has 2 amide bonds. The molecule has 126 valence electrons. The highest BCUT2D eigenvalue weighted by atomic mass is 16.5. The standard InChI is InChI=1S/C18H26N2O3/c1-23-16-6-2-4-13(10-16)11-17(14-7-8-14)19-18(22)20-9-3-5-15(21)12-20/h2,4,6,10,14-15,17,21H,3,5,7-9,11-12H2,1H3,(H,19,22). The number of piperidine rings is 1. The molecule has 1 aliphatic heterocycles. The zero-order valence-electron chi connectivity index (χ0n) is 13.7. The van der Waals surface area contributed by atoms with Gasteiger partial charge < -0.3 is 20.1 Å². The molecule has 1 aromatic rings. The van der Waals surface area contributed by atoms with Gasteiger partial charge in [-0.1, -0.05) is 12.1 Å². The molecular weight excluding hydrogens is 292 g/mol. The Balaban J connectivity index is 1.61. The minimum absolute atomic E-state index is 0.0384. The zero-order valence-corrected chi connectivity index (χ0v) is 13.7. The second-order valence-corrected chi connectivity index (χ2v) is 6.69. The molecule has 2 fully saturated rings. The first-order valence-corrected chi connectivity index (χ1v) is 8.52. The van der Waals surface area contributed by atoms with E-state index in [0.29, 0.717) is 12.5 Å². The van der Waals surface area contributed by atoms with E-state index in [9.17, 15) is 9.90 Å². The number of rotatable bonds is 5. The topological polar surface area (TPSA) is 61.8 Å². The molecule has 2 N–H and O–H groups in total. The van der Waals surface area contributed by atoms with Gasteiger partial charge in [-0.15, -0.1) is 0 Å². The van der Waals surface area contributed by atoms with Gasteiger partial charge in [-0.25, -0.2) is 4.79 Å². The van der Waals surface area contributed by atoms with Gasteiger partial charge in [-0.05, 0) is 55.7 Å². The Bertz CT molecular complexity index is 545. The number of carbonyl (C=O) groups excluding carboxylic acids is 1. The Morgan fingerprint density at radius 1 is 1.43 bits per heavy atom. The van der Waals surface area contributed by atoms with Gasteiger partial charge in [0.2, 0.25) is 0 Å². The van der Waals surface area contributed by atoms with Gasteiger partial charge in [0.25, 0.3) is 0 Å². The van der Waals surface area contributed by atoms with Crippen LogP contribution in [0.15, 0.2) is 24.3 Å². The molecule has 5 nitrogen and oxygen atoms in total. The van der Waals surface area contributed by atoms with E-state index >= 15 is 0 Å². The number of carbonyl (C=O) groups is 1. The molecule has 3 rings (SSSR count). The molecule has 1 heterocycles. The minimum Gasteiger partial charge on any atom is -0.497 e. The van der Waals surface area contributed by atoms with Gasteiger partial charge >= 0.3 is 6.03 Å². The summed E-state index contributed by atoms with van der Waals surface area (Å²) in [6.07, 6.45) is 4.46. The highest BCUT2D eigenvalue weighted by Gasteiger charge is 2.34. The normalized spacial score (nSPS) is 22.5. The molecule has 1 saturated carbocycles. The number of β-amino-alcohol motifs (C(OH)–C–C–N with tert-alkyl or cyclic N) is 1. The number of amides is 2. The number of methoxy groups -OCH3 is 1. The van der Waals surface area contributed by atoms with Crippen LogP contribution in [0.25, 0.3) is 0 Å². The third-order valence-corrected chi connectivity index (χ3v) is 4.77. The molecule has 2 unspecified atom stereocenters. The predicted molar refractivity (Wildman–Crippen MR) is 88.6 cm³/mol. The minimum atomic E-state index is -0.382. The van der Waals surface area contributed by atoms with E-state index < -0.39 is 0 Å². The zero-order chi connectivity index (χ0) is 16.2. The molecule has 2 atom stereocenters. The summed E-state index contributed by atoms with van der Waals surface area (Å²) in [7, 11) is 1.67. The van der Waals surface area contributed by atoms with E-state index in [4.69, 9.17) is 4.74 Å². The Kier molecular flexibility index (Phi) is 5.06. The highest BCUT2D eigenvalue weighted by molar-refractivity contribution is 5.74. The Labute approximate surface area is 137 Å². The Morgan fingerprint density at radius 2 is 2.26 bits per heavy atom. The number of nitrogens with one attached hydrogen (secondary N) is 1. The Hall–Kier alpha value is -1.75. The van der Waals surface area contributed by atoms with Crippen LogP contribution in [0.2, 0.25) is 0 Å². The fraction of sp³-hybridized carbons (Fsp3) is 0.611. The number of ether oxygens (including phenoxy) is 1. The number of benzene rings is 1. The molecular formula is C18H26N2O3. The molecule has 2 aliphatic rings. The summed E-state index contributed by atoms with van der Waals surface area (Å²) in [5, 5.41) is 12.9. The maximum absolute atomic E-state index is 12.5. The third-order valence-electron chi connectivity index (χ3n) is 4.77. The summed E-state index contributed by atoms with van der Waals surface area (Å²) in [5.41, 5.74) is 1.18. The number of hydrogen-bond donors (Lipinski definition) is 2. The first-order valence-electron chi connectivity index (χ1n) is 8.52. The lowest BCUT2D eigenvalue weighted by Gasteiger charge is -2.32. The maximum atomic E-state index is 12.5. The average Bonchev–Trinajstić information content (AvgIpc) is 3.39. The monoisotopic (exact) mass is 318 g/mol. The van der Waals surface area contributed by atoms with Crippen molar-refractivity contribution in [1.29, 1.82) is 0 Å². The molecule has 0 aromatic heterocycles. The van der Waals surface area contributed by atoms with Crippen LogP contribution in [-0.4, -0.2) is 48.4 Å². The van der Waals surface area contributed by atoms with Gasteiger partial charge in [0, 0.05) is 19.1 Å². The second kappa shape index (κ2) is 7.21. The van der Waals surface area contributed by atoms with Gasteiger partial charge in [0.15, 0.2) is 0 Å². The van der Waals surface area contributed by atoms with E-state index in [1.165, 1.54) is 18.4 Å². The lowest BCUT2D eigenvalue weighted by Crippen LogP contribution is -2.50. The van der Waals surface area contributed by atoms with Gasteiger partial charge in [0.05, 0.1) is 13.2 Å². The van der Waals surface area contributed by atoms with E-state index in [1.807, 2.05) is 18.2 Å². The molecule has 5 heteroatoms. The maximum Gasteiger partial charge on any atom is 0.317 e. The van der Waals surface area contributed by atoms with Crippen LogP contribution in [0.1, 0.15) is 31.2 Å². The SMILES string of the molecule is COc1cccc(CC(NC(=O)N2CCCC(O)C2)C2CC2)c1. The van der Waals surface area contributed by atoms with Gasteiger partial charge in [-0.2, -0.15) is 0 Å².